The molecule has 146 valence electrons. The summed E-state index contributed by atoms with van der Waals surface area (Å²) in [6.07, 6.45) is 8.31. The summed E-state index contributed by atoms with van der Waals surface area (Å²) in [7, 11) is 0. The van der Waals surface area contributed by atoms with E-state index in [0.29, 0.717) is 31.8 Å². The van der Waals surface area contributed by atoms with Crippen molar-refractivity contribution in [2.24, 2.45) is 5.92 Å². The van der Waals surface area contributed by atoms with Crippen molar-refractivity contribution < 1.29 is 14.5 Å². The first-order valence-corrected chi connectivity index (χ1v) is 10.2. The highest BCUT2D eigenvalue weighted by Crippen LogP contribution is 2.39. The van der Waals surface area contributed by atoms with E-state index in [2.05, 4.69) is 25.2 Å². The number of nitrogens with zero attached hydrogens (tertiary/aromatic N) is 2. The molecule has 1 atom stereocenters. The predicted octanol–water partition coefficient (Wildman–Crippen LogP) is 4.29. The Hall–Kier alpha value is -1.50. The summed E-state index contributed by atoms with van der Waals surface area (Å²) in [4.78, 5) is 25.0. The van der Waals surface area contributed by atoms with Gasteiger partial charge >= 0.3 is 6.09 Å². The van der Waals surface area contributed by atoms with E-state index in [-0.39, 0.29) is 17.6 Å². The molecule has 7 heteroatoms. The van der Waals surface area contributed by atoms with Gasteiger partial charge in [0.1, 0.15) is 5.60 Å². The second-order valence-electron chi connectivity index (χ2n) is 8.24. The molecule has 1 amide bonds. The lowest BCUT2D eigenvalue weighted by atomic mass is 9.95. The number of rotatable bonds is 5. The lowest BCUT2D eigenvalue weighted by Crippen LogP contribution is -2.49. The fourth-order valence-corrected chi connectivity index (χ4v) is 4.74. The Labute approximate surface area is 160 Å². The summed E-state index contributed by atoms with van der Waals surface area (Å²) in [5, 5.41) is 11.3. The molecule has 1 fully saturated rings. The van der Waals surface area contributed by atoms with Gasteiger partial charge in [-0.3, -0.25) is 10.1 Å². The third-order valence-electron chi connectivity index (χ3n) is 4.86. The molecule has 6 nitrogen and oxygen atoms in total. The van der Waals surface area contributed by atoms with Crippen molar-refractivity contribution in [3.8, 4) is 0 Å². The van der Waals surface area contributed by atoms with Crippen LogP contribution in [0.3, 0.4) is 0 Å². The molecular weight excluding hydrogens is 352 g/mol. The van der Waals surface area contributed by atoms with E-state index >= 15 is 0 Å². The van der Waals surface area contributed by atoms with E-state index in [1.807, 2.05) is 20.8 Å². The number of hydrogen-bond donors (Lipinski definition) is 0. The first-order chi connectivity index (χ1) is 12.1. The third-order valence-corrected chi connectivity index (χ3v) is 6.49. The topological polar surface area (TPSA) is 72.7 Å². The highest BCUT2D eigenvalue weighted by atomic mass is 32.2. The average Bonchev–Trinajstić information content (AvgIpc) is 2.52. The molecule has 0 aromatic rings. The number of carbonyl (C=O) groups is 1. The molecule has 2 aliphatic rings. The Morgan fingerprint density at radius 1 is 1.42 bits per heavy atom. The molecule has 1 aliphatic heterocycles. The molecule has 0 radical (unpaired) electrons. The van der Waals surface area contributed by atoms with Crippen LogP contribution in [0, 0.1) is 16.0 Å². The zero-order valence-electron chi connectivity index (χ0n) is 16.2. The maximum Gasteiger partial charge on any atom is 0.410 e. The maximum absolute atomic E-state index is 12.2. The molecule has 0 saturated carbocycles. The van der Waals surface area contributed by atoms with Gasteiger partial charge in [-0.05, 0) is 46.0 Å². The van der Waals surface area contributed by atoms with Gasteiger partial charge in [-0.25, -0.2) is 4.79 Å². The van der Waals surface area contributed by atoms with Crippen LogP contribution < -0.4 is 0 Å². The summed E-state index contributed by atoms with van der Waals surface area (Å²) in [5.41, 5.74) is 0.813. The van der Waals surface area contributed by atoms with Gasteiger partial charge < -0.3 is 9.64 Å². The number of ether oxygens (including phenoxy) is 1. The molecule has 26 heavy (non-hydrogen) atoms. The SMILES string of the molecule is CC1CC=CC=C1CSC1(C[N+](=O)[O-])CCN(C(=O)OC(C)(C)C)CC1. The fraction of sp³-hybridized carbons (Fsp3) is 0.737. The van der Waals surface area contributed by atoms with Crippen molar-refractivity contribution in [3.63, 3.8) is 0 Å². The monoisotopic (exact) mass is 382 g/mol. The first kappa shape index (κ1) is 20.8. The quantitative estimate of drug-likeness (QED) is 0.524. The zero-order chi connectivity index (χ0) is 19.4. The number of nitro groups is 1. The minimum atomic E-state index is -0.529. The summed E-state index contributed by atoms with van der Waals surface area (Å²) >= 11 is 1.69. The molecule has 0 spiro atoms. The molecule has 0 aromatic heterocycles. The van der Waals surface area contributed by atoms with Crippen molar-refractivity contribution in [1.82, 2.24) is 4.90 Å². The first-order valence-electron chi connectivity index (χ1n) is 9.19. The van der Waals surface area contributed by atoms with Crippen LogP contribution in [-0.4, -0.2) is 51.7 Å². The number of hydrogen-bond acceptors (Lipinski definition) is 5. The minimum Gasteiger partial charge on any atom is -0.444 e. The van der Waals surface area contributed by atoms with Crippen LogP contribution in [0.2, 0.25) is 0 Å². The van der Waals surface area contributed by atoms with Crippen LogP contribution in [0.5, 0.6) is 0 Å². The van der Waals surface area contributed by atoms with Crippen LogP contribution >= 0.6 is 11.8 Å². The second-order valence-corrected chi connectivity index (χ2v) is 9.68. The number of likely N-dealkylation sites (tertiary alicyclic amines) is 1. The van der Waals surface area contributed by atoms with Gasteiger partial charge in [0.15, 0.2) is 0 Å². The molecule has 2 rings (SSSR count). The van der Waals surface area contributed by atoms with Crippen molar-refractivity contribution in [2.45, 2.75) is 57.3 Å². The Bertz CT molecular complexity index is 587. The van der Waals surface area contributed by atoms with Crippen LogP contribution in [-0.2, 0) is 4.74 Å². The van der Waals surface area contributed by atoms with E-state index < -0.39 is 10.3 Å². The van der Waals surface area contributed by atoms with Gasteiger partial charge in [0, 0.05) is 23.8 Å². The highest BCUT2D eigenvalue weighted by Gasteiger charge is 2.41. The highest BCUT2D eigenvalue weighted by molar-refractivity contribution is 8.00. The summed E-state index contributed by atoms with van der Waals surface area (Å²) in [6.45, 7) is 8.67. The Kier molecular flexibility index (Phi) is 6.77. The standard InChI is InChI=1S/C19H30N2O4S/c1-15-7-5-6-8-16(15)13-26-19(14-21(23)24)9-11-20(12-10-19)17(22)25-18(2,3)4/h5-6,8,15H,7,9-14H2,1-4H3. The molecule has 1 saturated heterocycles. The van der Waals surface area contributed by atoms with E-state index in [1.54, 1.807) is 16.7 Å². The van der Waals surface area contributed by atoms with Crippen molar-refractivity contribution in [2.75, 3.05) is 25.4 Å². The van der Waals surface area contributed by atoms with Crippen molar-refractivity contribution in [3.05, 3.63) is 33.9 Å². The van der Waals surface area contributed by atoms with Crippen molar-refractivity contribution in [1.29, 1.82) is 0 Å². The molecule has 1 heterocycles. The van der Waals surface area contributed by atoms with E-state index in [9.17, 15) is 14.9 Å². The molecule has 0 aromatic carbocycles. The number of carbonyl (C=O) groups excluding carboxylic acids is 1. The largest absolute Gasteiger partial charge is 0.444 e. The Balaban J connectivity index is 1.98. The number of allylic oxidation sites excluding steroid dienone is 3. The van der Waals surface area contributed by atoms with Crippen LogP contribution in [0.15, 0.2) is 23.8 Å². The summed E-state index contributed by atoms with van der Waals surface area (Å²) in [5.74, 6) is 1.30. The van der Waals surface area contributed by atoms with Crippen LogP contribution in [0.1, 0.15) is 47.0 Å². The Morgan fingerprint density at radius 3 is 2.62 bits per heavy atom. The predicted molar refractivity (Wildman–Crippen MR) is 105 cm³/mol. The molecule has 1 aliphatic carbocycles. The van der Waals surface area contributed by atoms with Crippen LogP contribution in [0.25, 0.3) is 0 Å². The lowest BCUT2D eigenvalue weighted by Gasteiger charge is -2.39. The molecule has 0 N–H and O–H groups in total. The summed E-state index contributed by atoms with van der Waals surface area (Å²) < 4.78 is 5.01. The van der Waals surface area contributed by atoms with Gasteiger partial charge in [0.25, 0.3) is 0 Å². The summed E-state index contributed by atoms with van der Waals surface area (Å²) in [6, 6.07) is 0. The normalized spacial score (nSPS) is 22.7. The van der Waals surface area contributed by atoms with E-state index in [4.69, 9.17) is 4.74 Å². The number of amides is 1. The molecular formula is C19H30N2O4S. The van der Waals surface area contributed by atoms with Crippen molar-refractivity contribution >= 4 is 17.9 Å². The minimum absolute atomic E-state index is 0.0582. The second kappa shape index (κ2) is 8.46. The Morgan fingerprint density at radius 2 is 2.08 bits per heavy atom. The smallest absolute Gasteiger partial charge is 0.410 e. The maximum atomic E-state index is 12.2. The van der Waals surface area contributed by atoms with Gasteiger partial charge in [0.05, 0.1) is 4.75 Å². The van der Waals surface area contributed by atoms with E-state index in [1.165, 1.54) is 5.57 Å². The number of thioether (sulfide) groups is 1. The molecule has 0 bridgehead atoms. The van der Waals surface area contributed by atoms with E-state index in [0.717, 1.165) is 12.2 Å². The zero-order valence-corrected chi connectivity index (χ0v) is 17.0. The van der Waals surface area contributed by atoms with Crippen LogP contribution in [0.4, 0.5) is 4.79 Å². The molecule has 1 unspecified atom stereocenters. The lowest BCUT2D eigenvalue weighted by molar-refractivity contribution is -0.485. The third kappa shape index (κ3) is 6.04. The van der Waals surface area contributed by atoms with Gasteiger partial charge in [-0.2, -0.15) is 0 Å². The van der Waals surface area contributed by atoms with Gasteiger partial charge in [-0.1, -0.05) is 30.7 Å². The van der Waals surface area contributed by atoms with Gasteiger partial charge in [-0.15, -0.1) is 11.8 Å². The number of piperidine rings is 1. The fourth-order valence-electron chi connectivity index (χ4n) is 3.22. The average molecular weight is 383 g/mol. The van der Waals surface area contributed by atoms with Gasteiger partial charge in [0.2, 0.25) is 6.54 Å².